The van der Waals surface area contributed by atoms with Gasteiger partial charge in [0.05, 0.1) is 13.5 Å². The van der Waals surface area contributed by atoms with Gasteiger partial charge in [-0.2, -0.15) is 0 Å². The summed E-state index contributed by atoms with van der Waals surface area (Å²) in [6.07, 6.45) is 21.8. The van der Waals surface area contributed by atoms with Crippen LogP contribution in [0.15, 0.2) is 0 Å². The lowest BCUT2D eigenvalue weighted by atomic mass is 10.0. The molecular weight excluding hydrogens is 272 g/mol. The Morgan fingerprint density at radius 2 is 0.955 bits per heavy atom. The van der Waals surface area contributed by atoms with Gasteiger partial charge in [0.2, 0.25) is 0 Å². The molecule has 0 heterocycles. The Kier molecular flexibility index (Phi) is 18.1. The van der Waals surface area contributed by atoms with E-state index in [1.807, 2.05) is 0 Å². The van der Waals surface area contributed by atoms with Crippen LogP contribution >= 0.6 is 0 Å². The first kappa shape index (κ1) is 21.5. The summed E-state index contributed by atoms with van der Waals surface area (Å²) in [5.41, 5.74) is 0. The van der Waals surface area contributed by atoms with E-state index in [1.165, 1.54) is 96.3 Å². The van der Waals surface area contributed by atoms with Crippen LogP contribution in [0.2, 0.25) is 0 Å². The van der Waals surface area contributed by atoms with Crippen molar-refractivity contribution in [2.75, 3.05) is 6.61 Å². The van der Waals surface area contributed by atoms with Crippen molar-refractivity contribution in [3.63, 3.8) is 0 Å². The molecule has 131 valence electrons. The molecule has 0 N–H and O–H groups in total. The van der Waals surface area contributed by atoms with Crippen molar-refractivity contribution < 1.29 is 9.53 Å². The summed E-state index contributed by atoms with van der Waals surface area (Å²) in [4.78, 5) is 10.5. The highest BCUT2D eigenvalue weighted by Crippen LogP contribution is 2.13. The van der Waals surface area contributed by atoms with Crippen LogP contribution in [-0.2, 0) is 9.53 Å². The number of ether oxygens (including phenoxy) is 1. The minimum Gasteiger partial charge on any atom is -0.466 e. The lowest BCUT2D eigenvalue weighted by Crippen LogP contribution is -2.00. The maximum absolute atomic E-state index is 10.5. The molecule has 0 aliphatic rings. The van der Waals surface area contributed by atoms with Crippen LogP contribution < -0.4 is 0 Å². The summed E-state index contributed by atoms with van der Waals surface area (Å²) >= 11 is 0. The van der Waals surface area contributed by atoms with Crippen LogP contribution in [0.25, 0.3) is 0 Å². The van der Waals surface area contributed by atoms with Crippen LogP contribution in [0, 0.1) is 6.92 Å². The summed E-state index contributed by atoms with van der Waals surface area (Å²) in [7, 11) is 0. The second-order valence-electron chi connectivity index (χ2n) is 6.52. The quantitative estimate of drug-likeness (QED) is 0.223. The third-order valence-corrected chi connectivity index (χ3v) is 4.26. The van der Waals surface area contributed by atoms with Crippen LogP contribution in [-0.4, -0.2) is 12.6 Å². The molecule has 2 nitrogen and oxygen atoms in total. The molecule has 0 aromatic carbocycles. The van der Waals surface area contributed by atoms with Gasteiger partial charge < -0.3 is 4.74 Å². The Labute approximate surface area is 139 Å². The first-order valence-corrected chi connectivity index (χ1v) is 9.76. The zero-order chi connectivity index (χ0) is 16.3. The van der Waals surface area contributed by atoms with E-state index in [0.29, 0.717) is 6.61 Å². The average molecular weight is 312 g/mol. The smallest absolute Gasteiger partial charge is 0.306 e. The largest absolute Gasteiger partial charge is 0.466 e. The Balaban J connectivity index is 2.95. The van der Waals surface area contributed by atoms with Crippen molar-refractivity contribution in [3.8, 4) is 0 Å². The number of hydrogen-bond donors (Lipinski definition) is 0. The van der Waals surface area contributed by atoms with E-state index < -0.39 is 5.97 Å². The third kappa shape index (κ3) is 19.5. The van der Waals surface area contributed by atoms with Gasteiger partial charge in [0, 0.05) is 0 Å². The van der Waals surface area contributed by atoms with E-state index in [4.69, 9.17) is 4.74 Å². The molecule has 0 aromatic rings. The number of esters is 1. The van der Waals surface area contributed by atoms with Crippen LogP contribution in [0.1, 0.15) is 110 Å². The Morgan fingerprint density at radius 3 is 1.27 bits per heavy atom. The average Bonchev–Trinajstić information content (AvgIpc) is 2.50. The van der Waals surface area contributed by atoms with Gasteiger partial charge in [-0.25, -0.2) is 0 Å². The van der Waals surface area contributed by atoms with E-state index in [1.54, 1.807) is 0 Å². The number of unbranched alkanes of at least 4 members (excludes halogenated alkanes) is 15. The van der Waals surface area contributed by atoms with E-state index in [2.05, 4.69) is 13.8 Å². The van der Waals surface area contributed by atoms with Gasteiger partial charge >= 0.3 is 5.97 Å². The summed E-state index contributed by atoms with van der Waals surface area (Å²) < 4.78 is 4.81. The first-order valence-electron chi connectivity index (χ1n) is 9.76. The minimum atomic E-state index is -0.402. The molecule has 0 saturated carbocycles. The molecule has 0 saturated heterocycles. The molecule has 0 amide bonds. The highest BCUT2D eigenvalue weighted by molar-refractivity contribution is 5.73. The van der Waals surface area contributed by atoms with E-state index in [0.717, 1.165) is 6.42 Å². The van der Waals surface area contributed by atoms with Gasteiger partial charge in [-0.05, 0) is 6.42 Å². The maximum Gasteiger partial charge on any atom is 0.306 e. The summed E-state index contributed by atoms with van der Waals surface area (Å²) in [6, 6.07) is 0. The lowest BCUT2D eigenvalue weighted by molar-refractivity contribution is -0.138. The fourth-order valence-corrected chi connectivity index (χ4v) is 2.84. The van der Waals surface area contributed by atoms with Crippen molar-refractivity contribution in [3.05, 3.63) is 6.92 Å². The van der Waals surface area contributed by atoms with Gasteiger partial charge in [-0.3, -0.25) is 4.79 Å². The van der Waals surface area contributed by atoms with E-state index in [9.17, 15) is 4.79 Å². The SMILES string of the molecule is [CH2]C(=O)OCCCCCCCCCCCCCCCCCC. The molecule has 0 bridgehead atoms. The molecule has 0 atom stereocenters. The Bertz CT molecular complexity index is 226. The number of carbonyl (C=O) groups is 1. The fraction of sp³-hybridized carbons (Fsp3) is 0.900. The third-order valence-electron chi connectivity index (χ3n) is 4.26. The Morgan fingerprint density at radius 1 is 0.636 bits per heavy atom. The second kappa shape index (κ2) is 18.5. The monoisotopic (exact) mass is 311 g/mol. The summed E-state index contributed by atoms with van der Waals surface area (Å²) in [6.45, 7) is 6.01. The molecule has 0 unspecified atom stereocenters. The number of hydrogen-bond acceptors (Lipinski definition) is 2. The lowest BCUT2D eigenvalue weighted by Gasteiger charge is -2.04. The summed E-state index contributed by atoms with van der Waals surface area (Å²) in [5.74, 6) is -0.402. The molecule has 0 spiro atoms. The zero-order valence-electron chi connectivity index (χ0n) is 15.0. The van der Waals surface area contributed by atoms with Crippen molar-refractivity contribution in [1.29, 1.82) is 0 Å². The van der Waals surface area contributed by atoms with E-state index >= 15 is 0 Å². The molecule has 0 aliphatic carbocycles. The summed E-state index contributed by atoms with van der Waals surface area (Å²) in [5, 5.41) is 0. The van der Waals surface area contributed by atoms with Crippen LogP contribution in [0.3, 0.4) is 0 Å². The first-order chi connectivity index (χ1) is 10.8. The number of carbonyl (C=O) groups excluding carboxylic acids is 1. The topological polar surface area (TPSA) is 26.3 Å². The predicted molar refractivity (Wildman–Crippen MR) is 95.9 cm³/mol. The molecular formula is C20H39O2. The van der Waals surface area contributed by atoms with Crippen LogP contribution in [0.4, 0.5) is 0 Å². The normalized spacial score (nSPS) is 10.8. The van der Waals surface area contributed by atoms with Crippen molar-refractivity contribution >= 4 is 5.97 Å². The molecule has 0 aromatic heterocycles. The highest BCUT2D eigenvalue weighted by Gasteiger charge is 1.95. The van der Waals surface area contributed by atoms with Gasteiger partial charge in [0.15, 0.2) is 0 Å². The molecule has 0 rings (SSSR count). The van der Waals surface area contributed by atoms with Crippen molar-refractivity contribution in [1.82, 2.24) is 0 Å². The maximum atomic E-state index is 10.5. The van der Waals surface area contributed by atoms with Gasteiger partial charge in [0.1, 0.15) is 0 Å². The zero-order valence-corrected chi connectivity index (χ0v) is 15.0. The highest BCUT2D eigenvalue weighted by atomic mass is 16.5. The molecule has 0 aliphatic heterocycles. The van der Waals surface area contributed by atoms with Crippen LogP contribution in [0.5, 0.6) is 0 Å². The van der Waals surface area contributed by atoms with Crippen molar-refractivity contribution in [2.24, 2.45) is 0 Å². The molecule has 1 radical (unpaired) electrons. The molecule has 0 fully saturated rings. The predicted octanol–water partition coefficient (Wildman–Crippen LogP) is 6.63. The van der Waals surface area contributed by atoms with Gasteiger partial charge in [-0.1, -0.05) is 103 Å². The minimum absolute atomic E-state index is 0.402. The van der Waals surface area contributed by atoms with Gasteiger partial charge in [0.25, 0.3) is 0 Å². The molecule has 2 heteroatoms. The molecule has 22 heavy (non-hydrogen) atoms. The number of rotatable bonds is 17. The Hall–Kier alpha value is -0.530. The van der Waals surface area contributed by atoms with E-state index in [-0.39, 0.29) is 0 Å². The fourth-order valence-electron chi connectivity index (χ4n) is 2.84. The van der Waals surface area contributed by atoms with Gasteiger partial charge in [-0.15, -0.1) is 0 Å². The van der Waals surface area contributed by atoms with Crippen molar-refractivity contribution in [2.45, 2.75) is 110 Å². The standard InChI is InChI=1S/C20H39O2/c1-3-4-5-6-7-8-9-10-11-12-13-14-15-16-17-18-19-22-20(2)21/h2-19H2,1H3. The second-order valence-corrected chi connectivity index (χ2v) is 6.52.